The number of halogens is 3. The van der Waals surface area contributed by atoms with Crippen LogP contribution in [0.3, 0.4) is 0 Å². The van der Waals surface area contributed by atoms with Crippen LogP contribution in [0, 0.1) is 85.8 Å². The molecular weight excluding hydrogens is 1680 g/mol. The van der Waals surface area contributed by atoms with Crippen LogP contribution >= 0.6 is 23.2 Å². The molecule has 8 aromatic carbocycles. The monoisotopic (exact) mass is 1790 g/mol. The highest BCUT2D eigenvalue weighted by Crippen LogP contribution is 2.28. The van der Waals surface area contributed by atoms with E-state index in [0.29, 0.717) is 90.7 Å². The molecule has 0 aliphatic heterocycles. The molecule has 0 saturated heterocycles. The van der Waals surface area contributed by atoms with Crippen molar-refractivity contribution in [3.05, 3.63) is 250 Å². The topological polar surface area (TPSA) is 365 Å². The zero-order chi connectivity index (χ0) is 93.8. The highest BCUT2D eigenvalue weighted by molar-refractivity contribution is 7.93. The van der Waals surface area contributed by atoms with Gasteiger partial charge in [0, 0.05) is 121 Å². The van der Waals surface area contributed by atoms with Crippen LogP contribution in [0.2, 0.25) is 0 Å². The van der Waals surface area contributed by atoms with E-state index in [1.807, 2.05) is 176 Å². The van der Waals surface area contributed by atoms with Crippen molar-refractivity contribution in [2.45, 2.75) is 102 Å². The largest absolute Gasteiger partial charge is 0.465 e. The Bertz CT molecular complexity index is 5020. The second-order valence-corrected chi connectivity index (χ2v) is 30.8. The number of amides is 9. The van der Waals surface area contributed by atoms with E-state index in [1.165, 1.54) is 39.5 Å². The Kier molecular flexibility index (Phi) is 60.7. The second kappa shape index (κ2) is 67.7. The van der Waals surface area contributed by atoms with Gasteiger partial charge in [-0.05, 0) is 214 Å². The number of alkyl halides is 2. The first-order valence-corrected chi connectivity index (χ1v) is 43.7. The van der Waals surface area contributed by atoms with Gasteiger partial charge in [-0.25, -0.2) is 40.4 Å². The number of hydrogen-bond acceptors (Lipinski definition) is 15. The lowest BCUT2D eigenvalue weighted by molar-refractivity contribution is -0.122. The van der Waals surface area contributed by atoms with Gasteiger partial charge in [-0.15, -0.1) is 46.9 Å². The number of carbonyl (C=O) groups is 8. The molecule has 31 heteroatoms. The third-order valence-electron chi connectivity index (χ3n) is 14.9. The number of urea groups is 2. The fraction of sp³-hybridized carbons (Fsp3) is 0.319. The van der Waals surface area contributed by atoms with Gasteiger partial charge in [0.2, 0.25) is 38.3 Å². The van der Waals surface area contributed by atoms with E-state index in [0.717, 1.165) is 68.8 Å². The van der Waals surface area contributed by atoms with Crippen LogP contribution in [0.4, 0.5) is 52.9 Å². The van der Waals surface area contributed by atoms with Crippen molar-refractivity contribution in [1.29, 1.82) is 0 Å². The van der Waals surface area contributed by atoms with Gasteiger partial charge < -0.3 is 62.1 Å². The first-order valence-electron chi connectivity index (χ1n) is 39.3. The van der Waals surface area contributed by atoms with Gasteiger partial charge in [0.1, 0.15) is 12.4 Å². The normalized spacial score (nSPS) is 10.0. The molecule has 0 bridgehead atoms. The van der Waals surface area contributed by atoms with Crippen LogP contribution < -0.4 is 57.3 Å². The number of anilines is 6. The first kappa shape index (κ1) is 112. The van der Waals surface area contributed by atoms with Gasteiger partial charge in [-0.1, -0.05) is 128 Å². The molecule has 0 spiro atoms. The molecule has 125 heavy (non-hydrogen) atoms. The van der Waals surface area contributed by atoms with E-state index in [4.69, 9.17) is 32.7 Å². The van der Waals surface area contributed by atoms with Crippen molar-refractivity contribution in [2.75, 3.05) is 116 Å². The average Bonchev–Trinajstić information content (AvgIpc) is 1.47. The van der Waals surface area contributed by atoms with Crippen LogP contribution in [-0.4, -0.2) is 150 Å². The zero-order valence-corrected chi connectivity index (χ0v) is 76.9. The van der Waals surface area contributed by atoms with Gasteiger partial charge in [0.05, 0.1) is 30.8 Å². The highest BCUT2D eigenvalue weighted by atomic mass is 35.5. The summed E-state index contributed by atoms with van der Waals surface area (Å²) in [6.07, 6.45) is 3.57. The van der Waals surface area contributed by atoms with Gasteiger partial charge >= 0.3 is 24.1 Å². The number of esters is 1. The molecule has 0 aromatic heterocycles. The van der Waals surface area contributed by atoms with E-state index >= 15 is 0 Å². The lowest BCUT2D eigenvalue weighted by Gasteiger charge is -2.07. The van der Waals surface area contributed by atoms with Gasteiger partial charge in [-0.3, -0.25) is 28.6 Å². The number of alkyl carbamates (subject to hydrolysis) is 1. The fourth-order valence-electron chi connectivity index (χ4n) is 9.02. The zero-order valence-electron chi connectivity index (χ0n) is 73.8. The second-order valence-electron chi connectivity index (χ2n) is 26.3. The smallest absolute Gasteiger partial charge is 0.406 e. The number of ether oxygens (including phenoxy) is 3. The molecule has 1 fully saturated rings. The quantitative estimate of drug-likeness (QED) is 0.0116. The first-order chi connectivity index (χ1) is 59.7. The molecule has 1 aliphatic carbocycles. The summed E-state index contributed by atoms with van der Waals surface area (Å²) in [5.74, 6) is 23.7. The number of aryl methyl sites for hydroxylation is 3. The maximum Gasteiger partial charge on any atom is 0.406 e. The summed E-state index contributed by atoms with van der Waals surface area (Å²) in [6, 6.07) is 56.4. The molecule has 8 aromatic rings. The summed E-state index contributed by atoms with van der Waals surface area (Å²) in [6.45, 7) is 22.3. The summed E-state index contributed by atoms with van der Waals surface area (Å²) in [5.41, 5.74) is 12.0. The Balaban J connectivity index is 0.00000138. The molecule has 672 valence electrons. The number of hydrogen-bond donors (Lipinski definition) is 11. The van der Waals surface area contributed by atoms with E-state index in [1.54, 1.807) is 90.3 Å². The van der Waals surface area contributed by atoms with E-state index < -0.39 is 25.9 Å². The highest BCUT2D eigenvalue weighted by Gasteiger charge is 2.28. The maximum absolute atomic E-state index is 12.5. The fourth-order valence-corrected chi connectivity index (χ4v) is 11.7. The number of nitrogens with one attached hydrogen (secondary N) is 11. The summed E-state index contributed by atoms with van der Waals surface area (Å²) in [5, 5.41) is 23.3. The van der Waals surface area contributed by atoms with E-state index in [9.17, 15) is 59.6 Å². The van der Waals surface area contributed by atoms with Crippen LogP contribution in [0.15, 0.2) is 194 Å². The Labute approximate surface area is 748 Å². The predicted octanol–water partition coefficient (Wildman–Crippen LogP) is 16.5. The third-order valence-corrected chi connectivity index (χ3v) is 18.3. The Morgan fingerprint density at radius 1 is 0.512 bits per heavy atom. The van der Waals surface area contributed by atoms with Crippen molar-refractivity contribution < 1.29 is 73.8 Å². The molecule has 1 aliphatic rings. The minimum Gasteiger partial charge on any atom is -0.465 e. The lowest BCUT2D eigenvalue weighted by atomic mass is 10.2. The van der Waals surface area contributed by atoms with Crippen molar-refractivity contribution in [3.63, 3.8) is 0 Å². The molecule has 1 saturated carbocycles. The number of methoxy groups -OCH3 is 2. The molecular formula is C94H118Cl2FN11O15S2. The van der Waals surface area contributed by atoms with Crippen LogP contribution in [0.25, 0.3) is 0 Å². The molecule has 0 radical (unpaired) electrons. The van der Waals surface area contributed by atoms with Gasteiger partial charge in [-0.2, -0.15) is 0 Å². The number of carbonyl (C=O) groups excluding carboxylic acids is 8. The maximum atomic E-state index is 12.5. The lowest BCUT2D eigenvalue weighted by Crippen LogP contribution is -2.30. The van der Waals surface area contributed by atoms with Crippen LogP contribution in [0.1, 0.15) is 141 Å². The van der Waals surface area contributed by atoms with E-state index in [-0.39, 0.29) is 60.0 Å². The molecule has 0 atom stereocenters. The summed E-state index contributed by atoms with van der Waals surface area (Å²) in [7, 11) is 1.20. The molecule has 0 heterocycles. The minimum absolute atomic E-state index is 0.0592. The van der Waals surface area contributed by atoms with E-state index in [2.05, 4.69) is 109 Å². The summed E-state index contributed by atoms with van der Waals surface area (Å²) >= 11 is 10.9. The molecule has 11 N–H and O–H groups in total. The number of benzene rings is 8. The third kappa shape index (κ3) is 57.9. The average molecular weight is 1800 g/mol. The summed E-state index contributed by atoms with van der Waals surface area (Å²) < 4.78 is 77.1. The Morgan fingerprint density at radius 3 is 1.30 bits per heavy atom. The Hall–Kier alpha value is -12.9. The molecule has 0 unspecified atom stereocenters. The SMILES string of the molecule is CC#Cc1cccc(NC(=O)COC)c1.CC#Cc1cccc(NC(=O)NCC)c1.CC#Cc1cccc(NC(=O)NCCCl)c1.CC#Cc1cccc(NC=O)c1.CCCS(=O)(=O)Nc1ccc(C)cc1.CNC(=O)C1CC1.CNC(=O)OCC(C)C.CNC(=O)c1cccc(F)c1.COC(=O)c1ccc(C)cc1.Cc1ccc(NS(=O)(=O)CCCCl)cc1. The van der Waals surface area contributed by atoms with Gasteiger partial charge in [0.25, 0.3) is 5.91 Å². The number of sulfonamides is 2. The van der Waals surface area contributed by atoms with Crippen LogP contribution in [-0.2, 0) is 48.6 Å². The van der Waals surface area contributed by atoms with Crippen molar-refractivity contribution in [3.8, 4) is 47.4 Å². The standard InChI is InChI=1S/C12H13ClN2O.C12H14N2O.C12H13NO2.C10H14ClNO2S.C10H15NO2S.C10H9NO.C9H10O2.C8H8FNO.C6H13NO2.C5H9NO/c1-2-4-10-5-3-6-11(9-10)15-12(16)14-8-7-13;1-3-6-10-7-5-8-11(9-10)14-12(15)13-4-2;1-3-5-10-6-4-7-11(8-10)13-12(14)9-15-2;1-9-3-5-10(6-4-9)12-15(13,14)8-2-7-11;1-3-8-14(12,13)11-10-6-4-9(2)5-7-10;1-2-4-9-5-3-6-10(7-9)11-8-12;1-7-3-5-8(6-4-7)9(10)11-2;1-10-8(11)6-3-2-4-7(9)5-6;1-5(2)4-9-6(8)7-3;1-6-5(7)4-2-3-4/h3,5-6,9H,7-8H2,1H3,(H2,14,15,16);5,7-9H,4H2,1-2H3,(H2,13,14,15);4,6-8H,9H2,1-2H3,(H,13,14);3-6,12H,2,7-8H2,1H3;4-7,11H,3,8H2,1-2H3;3,5-8H,1H3,(H,11,12);3-6H,1-2H3;2-5H,1H3,(H,10,11);5H,4H2,1-3H3,(H,7,8);4H,2-3H2,1H3,(H,6,7). The van der Waals surface area contributed by atoms with Gasteiger partial charge in [0.15, 0.2) is 0 Å². The van der Waals surface area contributed by atoms with Crippen molar-refractivity contribution >= 4 is 126 Å². The molecule has 9 amide bonds. The van der Waals surface area contributed by atoms with Crippen LogP contribution in [0.5, 0.6) is 0 Å². The van der Waals surface area contributed by atoms with Crippen molar-refractivity contribution in [1.82, 2.24) is 26.6 Å². The molecule has 9 rings (SSSR count). The summed E-state index contributed by atoms with van der Waals surface area (Å²) in [4.78, 5) is 86.5. The molecule has 26 nitrogen and oxygen atoms in total. The van der Waals surface area contributed by atoms with Crippen molar-refractivity contribution in [2.24, 2.45) is 11.8 Å². The number of rotatable bonds is 24. The minimum atomic E-state index is -3.24. The predicted molar refractivity (Wildman–Crippen MR) is 504 cm³/mol. The Morgan fingerprint density at radius 2 is 0.936 bits per heavy atom.